The van der Waals surface area contributed by atoms with Crippen molar-refractivity contribution in [3.8, 4) is 0 Å². The van der Waals surface area contributed by atoms with E-state index in [1.165, 1.54) is 5.56 Å². The van der Waals surface area contributed by atoms with Crippen molar-refractivity contribution in [2.75, 3.05) is 6.61 Å². The summed E-state index contributed by atoms with van der Waals surface area (Å²) >= 11 is 0. The third-order valence-electron chi connectivity index (χ3n) is 1.91. The van der Waals surface area contributed by atoms with Crippen molar-refractivity contribution in [3.63, 3.8) is 0 Å². The largest absolute Gasteiger partial charge is 0.396 e. The number of aromatic nitrogens is 2. The van der Waals surface area contributed by atoms with Crippen LogP contribution in [0.1, 0.15) is 31.0 Å². The van der Waals surface area contributed by atoms with E-state index in [4.69, 9.17) is 5.11 Å². The molecule has 68 valence electrons. The van der Waals surface area contributed by atoms with Crippen LogP contribution in [0.5, 0.6) is 0 Å². The Balaban J connectivity index is 2.92. The fourth-order valence-corrected chi connectivity index (χ4v) is 1.34. The van der Waals surface area contributed by atoms with Crippen molar-refractivity contribution < 1.29 is 5.11 Å². The van der Waals surface area contributed by atoms with E-state index in [1.54, 1.807) is 4.68 Å². The summed E-state index contributed by atoms with van der Waals surface area (Å²) in [5.41, 5.74) is 2.27. The number of hydrogen-bond acceptors (Lipinski definition) is 2. The minimum absolute atomic E-state index is 0.177. The Kier molecular flexibility index (Phi) is 2.87. The molecule has 0 bridgehead atoms. The first-order chi connectivity index (χ1) is 5.65. The molecule has 0 unspecified atom stereocenters. The topological polar surface area (TPSA) is 38.0 Å². The SMILES string of the molecule is CC(C)c1cn(C)nc1CCO. The van der Waals surface area contributed by atoms with Gasteiger partial charge in [-0.05, 0) is 11.5 Å². The van der Waals surface area contributed by atoms with Crippen LogP contribution in [0.2, 0.25) is 0 Å². The average molecular weight is 168 g/mol. The molecule has 0 saturated carbocycles. The maximum Gasteiger partial charge on any atom is 0.0681 e. The number of aliphatic hydroxyl groups is 1. The van der Waals surface area contributed by atoms with Gasteiger partial charge in [-0.25, -0.2) is 0 Å². The van der Waals surface area contributed by atoms with Gasteiger partial charge in [0.15, 0.2) is 0 Å². The van der Waals surface area contributed by atoms with E-state index < -0.39 is 0 Å². The van der Waals surface area contributed by atoms with E-state index in [9.17, 15) is 0 Å². The van der Waals surface area contributed by atoms with Gasteiger partial charge in [-0.1, -0.05) is 13.8 Å². The fraction of sp³-hybridized carbons (Fsp3) is 0.667. The monoisotopic (exact) mass is 168 g/mol. The predicted molar refractivity (Wildman–Crippen MR) is 48.1 cm³/mol. The Hall–Kier alpha value is -0.830. The summed E-state index contributed by atoms with van der Waals surface area (Å²) in [5, 5.41) is 13.1. The molecule has 1 rings (SSSR count). The predicted octanol–water partition coefficient (Wildman–Crippen LogP) is 1.08. The second-order valence-corrected chi connectivity index (χ2v) is 3.33. The molecule has 0 amide bonds. The number of nitrogens with zero attached hydrogens (tertiary/aromatic N) is 2. The van der Waals surface area contributed by atoms with E-state index >= 15 is 0 Å². The molecule has 0 spiro atoms. The molecule has 0 aliphatic heterocycles. The Morgan fingerprint density at radius 3 is 2.75 bits per heavy atom. The van der Waals surface area contributed by atoms with Crippen LogP contribution in [0.25, 0.3) is 0 Å². The van der Waals surface area contributed by atoms with Crippen molar-refractivity contribution >= 4 is 0 Å². The van der Waals surface area contributed by atoms with E-state index in [2.05, 4.69) is 18.9 Å². The third-order valence-corrected chi connectivity index (χ3v) is 1.91. The lowest BCUT2D eigenvalue weighted by Gasteiger charge is -2.02. The summed E-state index contributed by atoms with van der Waals surface area (Å²) in [6, 6.07) is 0. The van der Waals surface area contributed by atoms with Gasteiger partial charge in [0, 0.05) is 26.3 Å². The summed E-state index contributed by atoms with van der Waals surface area (Å²) in [7, 11) is 1.91. The van der Waals surface area contributed by atoms with Crippen molar-refractivity contribution in [3.05, 3.63) is 17.5 Å². The van der Waals surface area contributed by atoms with Crippen molar-refractivity contribution in [2.24, 2.45) is 7.05 Å². The Morgan fingerprint density at radius 2 is 2.25 bits per heavy atom. The molecule has 0 aliphatic rings. The minimum Gasteiger partial charge on any atom is -0.396 e. The zero-order chi connectivity index (χ0) is 9.14. The van der Waals surface area contributed by atoms with Crippen LogP contribution in [-0.2, 0) is 13.5 Å². The van der Waals surface area contributed by atoms with Crippen molar-refractivity contribution in [1.29, 1.82) is 0 Å². The van der Waals surface area contributed by atoms with Crippen LogP contribution in [0.15, 0.2) is 6.20 Å². The normalized spacial score (nSPS) is 11.1. The molecule has 1 N–H and O–H groups in total. The lowest BCUT2D eigenvalue weighted by atomic mass is 10.0. The highest BCUT2D eigenvalue weighted by Gasteiger charge is 2.09. The fourth-order valence-electron chi connectivity index (χ4n) is 1.34. The van der Waals surface area contributed by atoms with Crippen molar-refractivity contribution in [1.82, 2.24) is 9.78 Å². The Morgan fingerprint density at radius 1 is 1.58 bits per heavy atom. The zero-order valence-electron chi connectivity index (χ0n) is 7.91. The summed E-state index contributed by atoms with van der Waals surface area (Å²) in [4.78, 5) is 0. The van der Waals surface area contributed by atoms with Crippen LogP contribution >= 0.6 is 0 Å². The standard InChI is InChI=1S/C9H16N2O/c1-7(2)8-6-11(3)10-9(8)4-5-12/h6-7,12H,4-5H2,1-3H3. The molecule has 1 heterocycles. The molecular formula is C9H16N2O. The summed E-state index contributed by atoms with van der Waals surface area (Å²) < 4.78 is 1.81. The van der Waals surface area contributed by atoms with Gasteiger partial charge in [0.25, 0.3) is 0 Å². The van der Waals surface area contributed by atoms with Crippen LogP contribution < -0.4 is 0 Å². The molecule has 1 aromatic heterocycles. The number of aliphatic hydroxyl groups excluding tert-OH is 1. The van der Waals surface area contributed by atoms with Gasteiger partial charge in [-0.2, -0.15) is 5.10 Å². The lowest BCUT2D eigenvalue weighted by molar-refractivity contribution is 0.297. The van der Waals surface area contributed by atoms with Gasteiger partial charge >= 0.3 is 0 Å². The molecule has 0 fully saturated rings. The molecule has 0 aliphatic carbocycles. The van der Waals surface area contributed by atoms with Gasteiger partial charge in [-0.3, -0.25) is 4.68 Å². The molecule has 0 atom stereocenters. The first kappa shape index (κ1) is 9.26. The van der Waals surface area contributed by atoms with E-state index in [-0.39, 0.29) is 6.61 Å². The minimum atomic E-state index is 0.177. The van der Waals surface area contributed by atoms with Gasteiger partial charge in [0.05, 0.1) is 5.69 Å². The van der Waals surface area contributed by atoms with E-state index in [1.807, 2.05) is 13.2 Å². The quantitative estimate of drug-likeness (QED) is 0.733. The highest BCUT2D eigenvalue weighted by molar-refractivity contribution is 5.20. The van der Waals surface area contributed by atoms with Gasteiger partial charge in [0.1, 0.15) is 0 Å². The second kappa shape index (κ2) is 3.72. The van der Waals surface area contributed by atoms with Crippen molar-refractivity contribution in [2.45, 2.75) is 26.2 Å². The lowest BCUT2D eigenvalue weighted by Crippen LogP contribution is -1.97. The molecule has 0 aromatic carbocycles. The first-order valence-electron chi connectivity index (χ1n) is 4.28. The molecule has 1 aromatic rings. The number of hydrogen-bond donors (Lipinski definition) is 1. The number of aryl methyl sites for hydroxylation is 1. The van der Waals surface area contributed by atoms with Gasteiger partial charge in [0.2, 0.25) is 0 Å². The molecule has 0 saturated heterocycles. The Bertz CT molecular complexity index is 253. The smallest absolute Gasteiger partial charge is 0.0681 e. The zero-order valence-corrected chi connectivity index (χ0v) is 7.91. The van der Waals surface area contributed by atoms with E-state index in [0.29, 0.717) is 12.3 Å². The summed E-state index contributed by atoms with van der Waals surface area (Å²) in [5.74, 6) is 0.486. The Labute approximate surface area is 73.0 Å². The third kappa shape index (κ3) is 1.85. The summed E-state index contributed by atoms with van der Waals surface area (Å²) in [6.07, 6.45) is 2.68. The van der Waals surface area contributed by atoms with Crippen LogP contribution in [0, 0.1) is 0 Å². The molecule has 0 radical (unpaired) electrons. The highest BCUT2D eigenvalue weighted by Crippen LogP contribution is 2.17. The molecular weight excluding hydrogens is 152 g/mol. The van der Waals surface area contributed by atoms with Gasteiger partial charge in [-0.15, -0.1) is 0 Å². The van der Waals surface area contributed by atoms with Gasteiger partial charge < -0.3 is 5.11 Å². The number of rotatable bonds is 3. The molecule has 3 heteroatoms. The maximum absolute atomic E-state index is 8.79. The summed E-state index contributed by atoms with van der Waals surface area (Å²) in [6.45, 7) is 4.45. The van der Waals surface area contributed by atoms with E-state index in [0.717, 1.165) is 5.69 Å². The maximum atomic E-state index is 8.79. The highest BCUT2D eigenvalue weighted by atomic mass is 16.3. The average Bonchev–Trinajstić information content (AvgIpc) is 2.32. The van der Waals surface area contributed by atoms with Crippen LogP contribution in [0.4, 0.5) is 0 Å². The van der Waals surface area contributed by atoms with Crippen LogP contribution in [-0.4, -0.2) is 21.5 Å². The second-order valence-electron chi connectivity index (χ2n) is 3.33. The first-order valence-corrected chi connectivity index (χ1v) is 4.28. The van der Waals surface area contributed by atoms with Crippen LogP contribution in [0.3, 0.4) is 0 Å². The molecule has 3 nitrogen and oxygen atoms in total. The molecule has 12 heavy (non-hydrogen) atoms.